The number of amides is 1. The molecule has 0 aromatic heterocycles. The molecule has 2 heteroatoms. The van der Waals surface area contributed by atoms with E-state index in [-0.39, 0.29) is 5.91 Å². The van der Waals surface area contributed by atoms with Gasteiger partial charge in [-0.05, 0) is 55.4 Å². The summed E-state index contributed by atoms with van der Waals surface area (Å²) in [6.07, 6.45) is 8.28. The van der Waals surface area contributed by atoms with Crippen LogP contribution in [-0.2, 0) is 4.79 Å². The molecule has 3 aliphatic carbocycles. The van der Waals surface area contributed by atoms with Gasteiger partial charge in [0.25, 0.3) is 0 Å². The van der Waals surface area contributed by atoms with Crippen molar-refractivity contribution in [2.45, 2.75) is 38.1 Å². The number of rotatable bonds is 2. The average molecular weight is 205 g/mol. The summed E-state index contributed by atoms with van der Waals surface area (Å²) in [7, 11) is 0. The highest BCUT2D eigenvalue weighted by Crippen LogP contribution is 2.58. The van der Waals surface area contributed by atoms with Crippen LogP contribution in [0.25, 0.3) is 0 Å². The number of carbonyl (C=O) groups excluding carboxylic acids is 1. The molecular weight excluding hydrogens is 186 g/mol. The molecule has 82 valence electrons. The van der Waals surface area contributed by atoms with Gasteiger partial charge in [-0.15, -0.1) is 0 Å². The second kappa shape index (κ2) is 3.36. The third-order valence-electron chi connectivity index (χ3n) is 4.94. The van der Waals surface area contributed by atoms with Gasteiger partial charge in [-0.25, -0.2) is 0 Å². The van der Waals surface area contributed by atoms with E-state index in [9.17, 15) is 4.79 Å². The van der Waals surface area contributed by atoms with Crippen LogP contribution >= 0.6 is 0 Å². The number of hydrogen-bond acceptors (Lipinski definition) is 1. The Hall–Kier alpha value is -0.790. The van der Waals surface area contributed by atoms with E-state index < -0.39 is 0 Å². The molecule has 2 nitrogen and oxygen atoms in total. The smallest absolute Gasteiger partial charge is 0.243 e. The van der Waals surface area contributed by atoms with Crippen molar-refractivity contribution in [2.24, 2.45) is 23.7 Å². The van der Waals surface area contributed by atoms with Gasteiger partial charge in [-0.1, -0.05) is 13.0 Å². The Morgan fingerprint density at radius 2 is 2.00 bits per heavy atom. The summed E-state index contributed by atoms with van der Waals surface area (Å²) in [5.41, 5.74) is 0. The highest BCUT2D eigenvalue weighted by Gasteiger charge is 2.53. The topological polar surface area (TPSA) is 29.1 Å². The maximum absolute atomic E-state index is 11.3. The van der Waals surface area contributed by atoms with Crippen molar-refractivity contribution in [1.29, 1.82) is 0 Å². The van der Waals surface area contributed by atoms with Crippen LogP contribution in [0.15, 0.2) is 12.7 Å². The summed E-state index contributed by atoms with van der Waals surface area (Å²) < 4.78 is 0. The van der Waals surface area contributed by atoms with Gasteiger partial charge in [0.15, 0.2) is 0 Å². The third-order valence-corrected chi connectivity index (χ3v) is 4.94. The average Bonchev–Trinajstić information content (AvgIpc) is 2.87. The summed E-state index contributed by atoms with van der Waals surface area (Å²) in [5, 5.41) is 3.12. The van der Waals surface area contributed by atoms with E-state index >= 15 is 0 Å². The van der Waals surface area contributed by atoms with Crippen LogP contribution in [0.3, 0.4) is 0 Å². The monoisotopic (exact) mass is 205 g/mol. The highest BCUT2D eigenvalue weighted by atomic mass is 16.1. The first-order valence-corrected chi connectivity index (χ1v) is 6.22. The first kappa shape index (κ1) is 9.44. The van der Waals surface area contributed by atoms with Gasteiger partial charge in [-0.3, -0.25) is 4.79 Å². The highest BCUT2D eigenvalue weighted by molar-refractivity contribution is 5.87. The fraction of sp³-hybridized carbons (Fsp3) is 0.769. The molecule has 1 amide bonds. The van der Waals surface area contributed by atoms with Crippen LogP contribution in [0.4, 0.5) is 0 Å². The molecular formula is C13H19NO. The number of fused-ring (bicyclic) bond motifs is 5. The fourth-order valence-corrected chi connectivity index (χ4v) is 4.48. The Morgan fingerprint density at radius 3 is 2.80 bits per heavy atom. The Balaban J connectivity index is 1.70. The zero-order valence-electron chi connectivity index (χ0n) is 9.11. The lowest BCUT2D eigenvalue weighted by Crippen LogP contribution is -2.41. The van der Waals surface area contributed by atoms with Crippen molar-refractivity contribution in [3.63, 3.8) is 0 Å². The summed E-state index contributed by atoms with van der Waals surface area (Å²) in [6, 6.07) is 0.458. The van der Waals surface area contributed by atoms with Crippen LogP contribution in [0, 0.1) is 23.7 Å². The van der Waals surface area contributed by atoms with Gasteiger partial charge < -0.3 is 5.32 Å². The van der Waals surface area contributed by atoms with Gasteiger partial charge in [0, 0.05) is 6.04 Å². The largest absolute Gasteiger partial charge is 0.350 e. The molecule has 5 unspecified atom stereocenters. The molecule has 3 aliphatic rings. The first-order chi connectivity index (χ1) is 7.29. The summed E-state index contributed by atoms with van der Waals surface area (Å²) in [6.45, 7) is 3.52. The second-order valence-electron chi connectivity index (χ2n) is 5.47. The van der Waals surface area contributed by atoms with Crippen LogP contribution in [0.2, 0.25) is 0 Å². The molecule has 0 spiro atoms. The van der Waals surface area contributed by atoms with Crippen molar-refractivity contribution in [2.75, 3.05) is 0 Å². The van der Waals surface area contributed by atoms with Gasteiger partial charge >= 0.3 is 0 Å². The second-order valence-corrected chi connectivity index (χ2v) is 5.47. The van der Waals surface area contributed by atoms with Crippen molar-refractivity contribution in [3.05, 3.63) is 12.7 Å². The summed E-state index contributed by atoms with van der Waals surface area (Å²) >= 11 is 0. The molecule has 0 saturated heterocycles. The lowest BCUT2D eigenvalue weighted by Gasteiger charge is -2.31. The van der Waals surface area contributed by atoms with Gasteiger partial charge in [0.1, 0.15) is 0 Å². The standard InChI is InChI=1S/C13H19NO/c1-2-13(15)14-12-7-8-6-11(12)10-5-3-4-9(8)10/h2,8-12H,1,3-7H2,(H,14,15). The van der Waals surface area contributed by atoms with E-state index in [4.69, 9.17) is 0 Å². The van der Waals surface area contributed by atoms with E-state index in [0.717, 1.165) is 23.7 Å². The lowest BCUT2D eigenvalue weighted by molar-refractivity contribution is -0.117. The van der Waals surface area contributed by atoms with Gasteiger partial charge in [0.05, 0.1) is 0 Å². The molecule has 0 aromatic carbocycles. The van der Waals surface area contributed by atoms with Crippen LogP contribution in [0.5, 0.6) is 0 Å². The first-order valence-electron chi connectivity index (χ1n) is 6.22. The molecule has 3 saturated carbocycles. The number of hydrogen-bond donors (Lipinski definition) is 1. The molecule has 15 heavy (non-hydrogen) atoms. The predicted octanol–water partition coefficient (Wildman–Crippen LogP) is 2.11. The van der Waals surface area contributed by atoms with Crippen molar-refractivity contribution in [3.8, 4) is 0 Å². The normalized spacial score (nSPS) is 46.5. The minimum Gasteiger partial charge on any atom is -0.350 e. The third kappa shape index (κ3) is 1.34. The van der Waals surface area contributed by atoms with Crippen LogP contribution in [-0.4, -0.2) is 11.9 Å². The molecule has 3 fully saturated rings. The fourth-order valence-electron chi connectivity index (χ4n) is 4.48. The van der Waals surface area contributed by atoms with E-state index in [0.29, 0.717) is 6.04 Å². The molecule has 0 aliphatic heterocycles. The maximum atomic E-state index is 11.3. The van der Waals surface area contributed by atoms with Crippen molar-refractivity contribution in [1.82, 2.24) is 5.32 Å². The predicted molar refractivity (Wildman–Crippen MR) is 59.2 cm³/mol. The molecule has 2 bridgehead atoms. The molecule has 0 heterocycles. The SMILES string of the molecule is C=CC(=O)NC1CC2CC1C1CCCC21. The van der Waals surface area contributed by atoms with Crippen molar-refractivity contribution < 1.29 is 4.79 Å². The zero-order chi connectivity index (χ0) is 10.4. The van der Waals surface area contributed by atoms with Gasteiger partial charge in [0.2, 0.25) is 5.91 Å². The Morgan fingerprint density at radius 1 is 1.20 bits per heavy atom. The van der Waals surface area contributed by atoms with Crippen LogP contribution < -0.4 is 5.32 Å². The number of carbonyl (C=O) groups is 1. The Kier molecular flexibility index (Phi) is 2.11. The minimum atomic E-state index is 0.0158. The lowest BCUT2D eigenvalue weighted by atomic mass is 9.79. The zero-order valence-corrected chi connectivity index (χ0v) is 9.11. The molecule has 0 radical (unpaired) electrons. The molecule has 5 atom stereocenters. The van der Waals surface area contributed by atoms with E-state index in [1.807, 2.05) is 0 Å². The Labute approximate surface area is 91.1 Å². The van der Waals surface area contributed by atoms with E-state index in [1.54, 1.807) is 0 Å². The number of nitrogens with one attached hydrogen (secondary N) is 1. The Bertz CT molecular complexity index is 299. The quantitative estimate of drug-likeness (QED) is 0.687. The maximum Gasteiger partial charge on any atom is 0.243 e. The summed E-state index contributed by atoms with van der Waals surface area (Å²) in [5.74, 6) is 3.65. The minimum absolute atomic E-state index is 0.0158. The van der Waals surface area contributed by atoms with E-state index in [2.05, 4.69) is 11.9 Å². The van der Waals surface area contributed by atoms with Crippen molar-refractivity contribution >= 4 is 5.91 Å². The molecule has 0 aromatic rings. The molecule has 3 rings (SSSR count). The van der Waals surface area contributed by atoms with Gasteiger partial charge in [-0.2, -0.15) is 0 Å². The van der Waals surface area contributed by atoms with E-state index in [1.165, 1.54) is 38.2 Å². The van der Waals surface area contributed by atoms with Crippen LogP contribution in [0.1, 0.15) is 32.1 Å². The summed E-state index contributed by atoms with van der Waals surface area (Å²) in [4.78, 5) is 11.3. The molecule has 1 N–H and O–H groups in total.